The second-order valence-electron chi connectivity index (χ2n) is 4.97. The van der Waals surface area contributed by atoms with Crippen molar-refractivity contribution in [2.24, 2.45) is 5.41 Å². The van der Waals surface area contributed by atoms with Crippen LogP contribution in [0.1, 0.15) is 27.2 Å². The molecule has 0 fully saturated rings. The number of hydrogen-bond donors (Lipinski definition) is 0. The van der Waals surface area contributed by atoms with Gasteiger partial charge in [0.05, 0.1) is 0 Å². The number of Topliss-reactive ketones (excluding diaryl/α,β-unsaturated/α-hetero) is 1. The maximum atomic E-state index is 12.3. The first-order chi connectivity index (χ1) is 8.04. The van der Waals surface area contributed by atoms with Gasteiger partial charge in [-0.15, -0.1) is 0 Å². The van der Waals surface area contributed by atoms with E-state index in [1.165, 1.54) is 0 Å². The lowest BCUT2D eigenvalue weighted by Gasteiger charge is -2.31. The molecule has 0 N–H and O–H groups in total. The molecule has 1 heterocycles. The van der Waals surface area contributed by atoms with Crippen molar-refractivity contribution in [3.8, 4) is 11.5 Å². The van der Waals surface area contributed by atoms with E-state index in [0.29, 0.717) is 18.1 Å². The Morgan fingerprint density at radius 1 is 1.35 bits per heavy atom. The third-order valence-electron chi connectivity index (χ3n) is 3.35. The smallest absolute Gasteiger partial charge is 0.191 e. The summed E-state index contributed by atoms with van der Waals surface area (Å²) in [6.45, 7) is 6.20. The van der Waals surface area contributed by atoms with Crippen LogP contribution in [0.15, 0.2) is 24.3 Å². The highest BCUT2D eigenvalue weighted by Gasteiger charge is 2.36. The predicted octanol–water partition coefficient (Wildman–Crippen LogP) is 2.83. The van der Waals surface area contributed by atoms with Crippen molar-refractivity contribution in [2.45, 2.75) is 33.3 Å². The van der Waals surface area contributed by atoms with Crippen molar-refractivity contribution in [3.05, 3.63) is 24.3 Å². The molecule has 3 heteroatoms. The van der Waals surface area contributed by atoms with Crippen LogP contribution in [-0.4, -0.2) is 18.5 Å². The molecule has 0 spiro atoms. The lowest BCUT2D eigenvalue weighted by molar-refractivity contribution is -0.136. The van der Waals surface area contributed by atoms with Gasteiger partial charge in [0, 0.05) is 5.41 Å². The minimum Gasteiger partial charge on any atom is -0.485 e. The number of rotatable bonds is 3. The molecule has 92 valence electrons. The molecule has 0 amide bonds. The van der Waals surface area contributed by atoms with Crippen LogP contribution < -0.4 is 9.47 Å². The van der Waals surface area contributed by atoms with E-state index in [-0.39, 0.29) is 11.2 Å². The lowest BCUT2D eigenvalue weighted by Crippen LogP contribution is -2.43. The summed E-state index contributed by atoms with van der Waals surface area (Å²) in [5, 5.41) is 0. The monoisotopic (exact) mass is 234 g/mol. The highest BCUT2D eigenvalue weighted by molar-refractivity contribution is 5.89. The zero-order valence-electron chi connectivity index (χ0n) is 10.5. The van der Waals surface area contributed by atoms with Crippen molar-refractivity contribution in [3.63, 3.8) is 0 Å². The van der Waals surface area contributed by atoms with Gasteiger partial charge in [0.1, 0.15) is 6.61 Å². The SMILES string of the molecule is CCC(C)(C)C(=O)C1COc2ccccc2O1. The van der Waals surface area contributed by atoms with Crippen LogP contribution in [0.4, 0.5) is 0 Å². The zero-order valence-corrected chi connectivity index (χ0v) is 10.5. The fraction of sp³-hybridized carbons (Fsp3) is 0.500. The third kappa shape index (κ3) is 2.28. The van der Waals surface area contributed by atoms with E-state index in [1.54, 1.807) is 0 Å². The second-order valence-corrected chi connectivity index (χ2v) is 4.97. The number of carbonyl (C=O) groups is 1. The molecule has 1 aliphatic heterocycles. The maximum Gasteiger partial charge on any atom is 0.191 e. The summed E-state index contributed by atoms with van der Waals surface area (Å²) in [5.74, 6) is 1.48. The number of ketones is 1. The van der Waals surface area contributed by atoms with E-state index in [2.05, 4.69) is 0 Å². The number of carbonyl (C=O) groups excluding carboxylic acids is 1. The predicted molar refractivity (Wildman–Crippen MR) is 65.4 cm³/mol. The Bertz CT molecular complexity index is 423. The van der Waals surface area contributed by atoms with Crippen LogP contribution in [0.5, 0.6) is 11.5 Å². The Morgan fingerprint density at radius 3 is 2.65 bits per heavy atom. The summed E-state index contributed by atoms with van der Waals surface area (Å²) >= 11 is 0. The first-order valence-corrected chi connectivity index (χ1v) is 5.97. The van der Waals surface area contributed by atoms with E-state index in [0.717, 1.165) is 6.42 Å². The fourth-order valence-electron chi connectivity index (χ4n) is 1.76. The number of hydrogen-bond acceptors (Lipinski definition) is 3. The molecule has 1 aromatic rings. The molecular weight excluding hydrogens is 216 g/mol. The van der Waals surface area contributed by atoms with Crippen LogP contribution in [0.3, 0.4) is 0 Å². The minimum atomic E-state index is -0.486. The Hall–Kier alpha value is -1.51. The van der Waals surface area contributed by atoms with Gasteiger partial charge < -0.3 is 9.47 Å². The van der Waals surface area contributed by atoms with Crippen LogP contribution in [0.25, 0.3) is 0 Å². The molecule has 0 saturated heterocycles. The normalized spacial score (nSPS) is 18.9. The average Bonchev–Trinajstić information content (AvgIpc) is 2.37. The molecule has 3 nitrogen and oxygen atoms in total. The van der Waals surface area contributed by atoms with Gasteiger partial charge in [0.25, 0.3) is 0 Å². The number of para-hydroxylation sites is 2. The molecule has 1 atom stereocenters. The third-order valence-corrected chi connectivity index (χ3v) is 3.35. The molecule has 0 radical (unpaired) electrons. The Balaban J connectivity index is 2.15. The van der Waals surface area contributed by atoms with Crippen molar-refractivity contribution in [2.75, 3.05) is 6.61 Å². The van der Waals surface area contributed by atoms with Gasteiger partial charge in [0.15, 0.2) is 23.4 Å². The molecule has 0 aromatic heterocycles. The first-order valence-electron chi connectivity index (χ1n) is 5.97. The number of benzene rings is 1. The molecule has 1 aromatic carbocycles. The van der Waals surface area contributed by atoms with E-state index < -0.39 is 6.10 Å². The summed E-state index contributed by atoms with van der Waals surface area (Å²) in [6.07, 6.45) is 0.313. The number of fused-ring (bicyclic) bond motifs is 1. The molecule has 0 aliphatic carbocycles. The molecular formula is C14H18O3. The van der Waals surface area contributed by atoms with E-state index in [4.69, 9.17) is 9.47 Å². The van der Waals surface area contributed by atoms with E-state index >= 15 is 0 Å². The summed E-state index contributed by atoms with van der Waals surface area (Å²) in [5.41, 5.74) is -0.361. The highest BCUT2D eigenvalue weighted by Crippen LogP contribution is 2.33. The van der Waals surface area contributed by atoms with Crippen molar-refractivity contribution in [1.82, 2.24) is 0 Å². The minimum absolute atomic E-state index is 0.106. The van der Waals surface area contributed by atoms with Gasteiger partial charge in [-0.1, -0.05) is 32.9 Å². The first kappa shape index (κ1) is 12.0. The van der Waals surface area contributed by atoms with Crippen molar-refractivity contribution < 1.29 is 14.3 Å². The lowest BCUT2D eigenvalue weighted by atomic mass is 9.82. The van der Waals surface area contributed by atoms with Crippen LogP contribution in [0, 0.1) is 5.41 Å². The molecule has 17 heavy (non-hydrogen) atoms. The number of ether oxygens (including phenoxy) is 2. The van der Waals surface area contributed by atoms with Crippen LogP contribution in [0.2, 0.25) is 0 Å². The zero-order chi connectivity index (χ0) is 12.5. The second kappa shape index (κ2) is 4.40. The summed E-state index contributed by atoms with van der Waals surface area (Å²) < 4.78 is 11.3. The van der Waals surface area contributed by atoms with E-state index in [1.807, 2.05) is 45.0 Å². The maximum absolute atomic E-state index is 12.3. The van der Waals surface area contributed by atoms with Gasteiger partial charge >= 0.3 is 0 Å². The quantitative estimate of drug-likeness (QED) is 0.806. The van der Waals surface area contributed by atoms with Gasteiger partial charge in [0.2, 0.25) is 0 Å². The molecule has 2 rings (SSSR count). The van der Waals surface area contributed by atoms with Gasteiger partial charge in [-0.2, -0.15) is 0 Å². The van der Waals surface area contributed by atoms with Gasteiger partial charge in [-0.3, -0.25) is 4.79 Å². The van der Waals surface area contributed by atoms with Gasteiger partial charge in [-0.25, -0.2) is 0 Å². The summed E-state index contributed by atoms with van der Waals surface area (Å²) in [6, 6.07) is 7.44. The topological polar surface area (TPSA) is 35.5 Å². The van der Waals surface area contributed by atoms with Crippen LogP contribution in [-0.2, 0) is 4.79 Å². The Labute approximate surface area is 102 Å². The van der Waals surface area contributed by atoms with Gasteiger partial charge in [-0.05, 0) is 18.6 Å². The molecule has 0 bridgehead atoms. The van der Waals surface area contributed by atoms with Crippen LogP contribution >= 0.6 is 0 Å². The largest absolute Gasteiger partial charge is 0.485 e. The molecule has 1 unspecified atom stereocenters. The average molecular weight is 234 g/mol. The van der Waals surface area contributed by atoms with E-state index in [9.17, 15) is 4.79 Å². The Morgan fingerprint density at radius 2 is 2.00 bits per heavy atom. The summed E-state index contributed by atoms with van der Waals surface area (Å²) in [4.78, 5) is 12.3. The fourth-order valence-corrected chi connectivity index (χ4v) is 1.76. The van der Waals surface area contributed by atoms with Crippen molar-refractivity contribution >= 4 is 5.78 Å². The Kier molecular flexibility index (Phi) is 3.09. The highest BCUT2D eigenvalue weighted by atomic mass is 16.6. The molecule has 1 aliphatic rings. The van der Waals surface area contributed by atoms with Crippen molar-refractivity contribution in [1.29, 1.82) is 0 Å². The summed E-state index contributed by atoms with van der Waals surface area (Å²) in [7, 11) is 0. The molecule has 0 saturated carbocycles. The standard InChI is InChI=1S/C14H18O3/c1-4-14(2,3)13(15)12-9-16-10-7-5-6-8-11(10)17-12/h5-8,12H,4,9H2,1-3H3.